The van der Waals surface area contributed by atoms with Gasteiger partial charge in [-0.2, -0.15) is 13.2 Å². The molecule has 0 spiro atoms. The van der Waals surface area contributed by atoms with Gasteiger partial charge in [0, 0.05) is 6.07 Å². The van der Waals surface area contributed by atoms with E-state index in [1.165, 1.54) is 12.1 Å². The molecule has 1 rings (SSSR count). The maximum atomic E-state index is 12.1. The molecule has 1 aromatic carbocycles. The van der Waals surface area contributed by atoms with E-state index in [9.17, 15) is 23.3 Å². The van der Waals surface area contributed by atoms with Gasteiger partial charge in [-0.05, 0) is 6.07 Å². The predicted octanol–water partition coefficient (Wildman–Crippen LogP) is 2.19. The Labute approximate surface area is 82.1 Å². The zero-order chi connectivity index (χ0) is 11.6. The van der Waals surface area contributed by atoms with Crippen LogP contribution in [0.25, 0.3) is 0 Å². The molecule has 0 amide bonds. The first-order valence-corrected chi connectivity index (χ1v) is 3.82. The molecule has 0 aliphatic carbocycles. The first-order chi connectivity index (χ1) is 6.84. The number of nitro benzene ring substituents is 1. The fraction of sp³-hybridized carbons (Fsp3) is 0.250. The van der Waals surface area contributed by atoms with Crippen LogP contribution in [-0.4, -0.2) is 16.2 Å². The highest BCUT2D eigenvalue weighted by atomic mass is 19.4. The van der Waals surface area contributed by atoms with Gasteiger partial charge in [-0.1, -0.05) is 12.1 Å². The summed E-state index contributed by atoms with van der Waals surface area (Å²) in [5.74, 6) is 0. The number of nitro groups is 1. The summed E-state index contributed by atoms with van der Waals surface area (Å²) in [7, 11) is 0. The van der Waals surface area contributed by atoms with Gasteiger partial charge in [-0.25, -0.2) is 0 Å². The van der Waals surface area contributed by atoms with Crippen molar-refractivity contribution in [3.8, 4) is 0 Å². The van der Waals surface area contributed by atoms with Crippen molar-refractivity contribution in [3.05, 3.63) is 39.9 Å². The van der Waals surface area contributed by atoms with Gasteiger partial charge in [0.25, 0.3) is 5.69 Å². The van der Waals surface area contributed by atoms with E-state index in [1.54, 1.807) is 0 Å². The van der Waals surface area contributed by atoms with Crippen LogP contribution in [0.15, 0.2) is 24.3 Å². The molecule has 0 aliphatic rings. The average molecular weight is 221 g/mol. The molecule has 4 nitrogen and oxygen atoms in total. The summed E-state index contributed by atoms with van der Waals surface area (Å²) < 4.78 is 36.3. The highest BCUT2D eigenvalue weighted by molar-refractivity contribution is 5.41. The molecule has 0 radical (unpaired) electrons. The molecule has 7 heteroatoms. The highest BCUT2D eigenvalue weighted by Crippen LogP contribution is 2.36. The summed E-state index contributed by atoms with van der Waals surface area (Å²) in [6.45, 7) is 0. The standard InChI is InChI=1S/C8H6F3NO3/c9-8(10,11)7(13)5-3-1-2-4-6(5)12(14)15/h1-4,7,13H. The highest BCUT2D eigenvalue weighted by Gasteiger charge is 2.42. The molecule has 0 fully saturated rings. The minimum atomic E-state index is -4.91. The van der Waals surface area contributed by atoms with E-state index < -0.39 is 28.5 Å². The number of hydrogen-bond acceptors (Lipinski definition) is 3. The van der Waals surface area contributed by atoms with Crippen molar-refractivity contribution < 1.29 is 23.2 Å². The Balaban J connectivity index is 3.19. The third-order valence-corrected chi connectivity index (χ3v) is 1.74. The van der Waals surface area contributed by atoms with Gasteiger partial charge in [0.2, 0.25) is 0 Å². The number of para-hydroxylation sites is 1. The van der Waals surface area contributed by atoms with Gasteiger partial charge in [-0.15, -0.1) is 0 Å². The minimum absolute atomic E-state index is 0.748. The van der Waals surface area contributed by atoms with Crippen LogP contribution in [0.2, 0.25) is 0 Å². The fourth-order valence-corrected chi connectivity index (χ4v) is 1.06. The maximum absolute atomic E-state index is 12.1. The molecular weight excluding hydrogens is 215 g/mol. The van der Waals surface area contributed by atoms with Crippen LogP contribution >= 0.6 is 0 Å². The molecule has 0 aliphatic heterocycles. The van der Waals surface area contributed by atoms with Crippen molar-refractivity contribution in [3.63, 3.8) is 0 Å². The second kappa shape index (κ2) is 3.85. The first-order valence-electron chi connectivity index (χ1n) is 3.82. The van der Waals surface area contributed by atoms with Crippen LogP contribution in [0.4, 0.5) is 18.9 Å². The third kappa shape index (κ3) is 2.44. The lowest BCUT2D eigenvalue weighted by molar-refractivity contribution is -0.387. The summed E-state index contributed by atoms with van der Waals surface area (Å²) in [5, 5.41) is 19.2. The van der Waals surface area contributed by atoms with Crippen molar-refractivity contribution in [1.29, 1.82) is 0 Å². The topological polar surface area (TPSA) is 63.4 Å². The zero-order valence-electron chi connectivity index (χ0n) is 7.23. The van der Waals surface area contributed by atoms with E-state index in [2.05, 4.69) is 0 Å². The van der Waals surface area contributed by atoms with Gasteiger partial charge >= 0.3 is 6.18 Å². The summed E-state index contributed by atoms with van der Waals surface area (Å²) >= 11 is 0. The van der Waals surface area contributed by atoms with Crippen LogP contribution in [0, 0.1) is 10.1 Å². The molecule has 0 bridgehead atoms. The molecule has 1 atom stereocenters. The largest absolute Gasteiger partial charge is 0.418 e. The smallest absolute Gasteiger partial charge is 0.379 e. The number of benzene rings is 1. The summed E-state index contributed by atoms with van der Waals surface area (Å²) in [4.78, 5) is 9.41. The number of rotatable bonds is 2. The van der Waals surface area contributed by atoms with E-state index in [4.69, 9.17) is 5.11 Å². The van der Waals surface area contributed by atoms with Crippen LogP contribution in [0.1, 0.15) is 11.7 Å². The Bertz CT molecular complexity index is 378. The molecule has 0 heterocycles. The van der Waals surface area contributed by atoms with E-state index >= 15 is 0 Å². The molecule has 0 saturated carbocycles. The molecule has 0 aromatic heterocycles. The lowest BCUT2D eigenvalue weighted by Crippen LogP contribution is -2.21. The van der Waals surface area contributed by atoms with Crippen molar-refractivity contribution in [1.82, 2.24) is 0 Å². The van der Waals surface area contributed by atoms with Crippen molar-refractivity contribution >= 4 is 5.69 Å². The minimum Gasteiger partial charge on any atom is -0.379 e. The Morgan fingerprint density at radius 1 is 1.33 bits per heavy atom. The Morgan fingerprint density at radius 2 is 1.87 bits per heavy atom. The van der Waals surface area contributed by atoms with Gasteiger partial charge in [0.15, 0.2) is 6.10 Å². The molecule has 1 aromatic rings. The maximum Gasteiger partial charge on any atom is 0.418 e. The Morgan fingerprint density at radius 3 is 2.33 bits per heavy atom. The lowest BCUT2D eigenvalue weighted by atomic mass is 10.1. The van der Waals surface area contributed by atoms with Crippen molar-refractivity contribution in [2.45, 2.75) is 12.3 Å². The average Bonchev–Trinajstić information content (AvgIpc) is 2.15. The molecular formula is C8H6F3NO3. The van der Waals surface area contributed by atoms with Crippen LogP contribution in [0.5, 0.6) is 0 Å². The molecule has 15 heavy (non-hydrogen) atoms. The number of aliphatic hydroxyl groups is 1. The van der Waals surface area contributed by atoms with Crippen LogP contribution in [0.3, 0.4) is 0 Å². The van der Waals surface area contributed by atoms with Gasteiger partial charge in [-0.3, -0.25) is 10.1 Å². The summed E-state index contributed by atoms with van der Waals surface area (Å²) in [5.41, 5.74) is -1.50. The number of aliphatic hydroxyl groups excluding tert-OH is 1. The molecule has 82 valence electrons. The molecule has 1 unspecified atom stereocenters. The number of nitrogens with zero attached hydrogens (tertiary/aromatic N) is 1. The quantitative estimate of drug-likeness (QED) is 0.615. The van der Waals surface area contributed by atoms with Crippen molar-refractivity contribution in [2.75, 3.05) is 0 Å². The number of alkyl halides is 3. The number of halogens is 3. The van der Waals surface area contributed by atoms with E-state index in [-0.39, 0.29) is 0 Å². The van der Waals surface area contributed by atoms with Crippen molar-refractivity contribution in [2.24, 2.45) is 0 Å². The van der Waals surface area contributed by atoms with E-state index in [0.717, 1.165) is 12.1 Å². The third-order valence-electron chi connectivity index (χ3n) is 1.74. The van der Waals surface area contributed by atoms with Crippen LogP contribution < -0.4 is 0 Å². The van der Waals surface area contributed by atoms with E-state index in [0.29, 0.717) is 0 Å². The summed E-state index contributed by atoms with van der Waals surface area (Å²) in [6, 6.07) is 4.20. The van der Waals surface area contributed by atoms with Gasteiger partial charge < -0.3 is 5.11 Å². The predicted molar refractivity (Wildman–Crippen MR) is 44.1 cm³/mol. The monoisotopic (exact) mass is 221 g/mol. The molecule has 1 N–H and O–H groups in total. The Kier molecular flexibility index (Phi) is 2.94. The van der Waals surface area contributed by atoms with Gasteiger partial charge in [0.05, 0.1) is 10.5 Å². The lowest BCUT2D eigenvalue weighted by Gasteiger charge is -2.14. The zero-order valence-corrected chi connectivity index (χ0v) is 7.23. The van der Waals surface area contributed by atoms with Gasteiger partial charge in [0.1, 0.15) is 0 Å². The fourth-order valence-electron chi connectivity index (χ4n) is 1.06. The Hall–Kier alpha value is -1.63. The molecule has 0 saturated heterocycles. The number of hydrogen-bond donors (Lipinski definition) is 1. The van der Waals surface area contributed by atoms with Crippen LogP contribution in [-0.2, 0) is 0 Å². The van der Waals surface area contributed by atoms with E-state index in [1.807, 2.05) is 0 Å². The second-order valence-electron chi connectivity index (χ2n) is 2.76. The first kappa shape index (κ1) is 11.4. The SMILES string of the molecule is O=[N+]([O-])c1ccccc1C(O)C(F)(F)F. The summed E-state index contributed by atoms with van der Waals surface area (Å²) in [6.07, 6.45) is -7.74. The second-order valence-corrected chi connectivity index (χ2v) is 2.76. The normalized spacial score (nSPS) is 13.6.